The van der Waals surface area contributed by atoms with E-state index in [1.807, 2.05) is 0 Å². The molecule has 0 aliphatic carbocycles. The number of hydrazine groups is 1. The Bertz CT molecular complexity index is 786. The summed E-state index contributed by atoms with van der Waals surface area (Å²) >= 11 is 0. The summed E-state index contributed by atoms with van der Waals surface area (Å²) in [5.74, 6) is -1.40. The molecule has 1 atom stereocenters. The van der Waals surface area contributed by atoms with Crippen molar-refractivity contribution in [1.82, 2.24) is 20.9 Å². The first-order valence-corrected chi connectivity index (χ1v) is 6.88. The van der Waals surface area contributed by atoms with Gasteiger partial charge in [-0.2, -0.15) is 5.01 Å². The molecule has 0 saturated carbocycles. The van der Waals surface area contributed by atoms with E-state index in [1.165, 1.54) is 6.07 Å². The molecule has 2 N–H and O–H groups in total. The number of benzene rings is 1. The molecular formula is C15H14N4O4. The van der Waals surface area contributed by atoms with Crippen LogP contribution in [0.3, 0.4) is 0 Å². The summed E-state index contributed by atoms with van der Waals surface area (Å²) in [4.78, 5) is 36.7. The molecule has 0 spiro atoms. The van der Waals surface area contributed by atoms with Gasteiger partial charge in [0.2, 0.25) is 5.76 Å². The lowest BCUT2D eigenvalue weighted by molar-refractivity contribution is -0.132. The summed E-state index contributed by atoms with van der Waals surface area (Å²) in [6, 6.07) is 9.47. The van der Waals surface area contributed by atoms with E-state index in [0.29, 0.717) is 16.3 Å². The van der Waals surface area contributed by atoms with E-state index in [1.54, 1.807) is 44.2 Å². The van der Waals surface area contributed by atoms with Crippen molar-refractivity contribution in [2.24, 2.45) is 0 Å². The fourth-order valence-electron chi connectivity index (χ4n) is 2.33. The number of carbonyl (C=O) groups is 3. The second-order valence-electron chi connectivity index (χ2n) is 5.34. The van der Waals surface area contributed by atoms with Crippen molar-refractivity contribution in [2.45, 2.75) is 19.4 Å². The SMILES string of the molecule is Cc1cc(C(=O)NN2C(=O)NC(C)(c3ccccc3)C2=O)on1. The second kappa shape index (κ2) is 5.24. The van der Waals surface area contributed by atoms with Crippen LogP contribution in [0, 0.1) is 6.92 Å². The van der Waals surface area contributed by atoms with Crippen LogP contribution in [0.15, 0.2) is 40.9 Å². The van der Waals surface area contributed by atoms with Gasteiger partial charge in [-0.3, -0.25) is 9.59 Å². The number of nitrogens with one attached hydrogen (secondary N) is 2. The number of aromatic nitrogens is 1. The van der Waals surface area contributed by atoms with Gasteiger partial charge in [0.05, 0.1) is 5.69 Å². The second-order valence-corrected chi connectivity index (χ2v) is 5.34. The third kappa shape index (κ3) is 2.44. The number of hydrogen-bond donors (Lipinski definition) is 2. The van der Waals surface area contributed by atoms with Gasteiger partial charge in [0.15, 0.2) is 0 Å². The van der Waals surface area contributed by atoms with Crippen LogP contribution >= 0.6 is 0 Å². The minimum absolute atomic E-state index is 0.0867. The molecule has 23 heavy (non-hydrogen) atoms. The third-order valence-corrected chi connectivity index (χ3v) is 3.61. The van der Waals surface area contributed by atoms with E-state index in [0.717, 1.165) is 0 Å². The number of nitrogens with zero attached hydrogens (tertiary/aromatic N) is 2. The molecule has 3 rings (SSSR count). The molecule has 118 valence electrons. The van der Waals surface area contributed by atoms with E-state index in [4.69, 9.17) is 4.52 Å². The summed E-state index contributed by atoms with van der Waals surface area (Å²) in [5.41, 5.74) is 2.12. The fourth-order valence-corrected chi connectivity index (χ4v) is 2.33. The van der Waals surface area contributed by atoms with Gasteiger partial charge in [-0.05, 0) is 19.4 Å². The lowest BCUT2D eigenvalue weighted by Gasteiger charge is -2.21. The standard InChI is InChI=1S/C15H14N4O4/c1-9-8-11(23-18-9)12(20)17-19-13(21)15(2,16-14(19)22)10-6-4-3-5-7-10/h3-8H,1-2H3,(H,16,22)(H,17,20). The van der Waals surface area contributed by atoms with Gasteiger partial charge < -0.3 is 9.84 Å². The van der Waals surface area contributed by atoms with Crippen molar-refractivity contribution in [2.75, 3.05) is 0 Å². The van der Waals surface area contributed by atoms with Crippen molar-refractivity contribution in [3.8, 4) is 0 Å². The molecule has 8 nitrogen and oxygen atoms in total. The van der Waals surface area contributed by atoms with Crippen LogP contribution in [0.4, 0.5) is 4.79 Å². The number of imide groups is 1. The van der Waals surface area contributed by atoms with Crippen LogP contribution in [-0.2, 0) is 10.3 Å². The lowest BCUT2D eigenvalue weighted by atomic mass is 9.92. The van der Waals surface area contributed by atoms with Crippen LogP contribution in [-0.4, -0.2) is 28.0 Å². The molecule has 1 fully saturated rings. The monoisotopic (exact) mass is 314 g/mol. The zero-order chi connectivity index (χ0) is 16.6. The molecule has 1 unspecified atom stereocenters. The molecule has 2 heterocycles. The molecule has 0 radical (unpaired) electrons. The molecule has 1 aliphatic rings. The molecule has 1 aliphatic heterocycles. The number of amides is 4. The number of carbonyl (C=O) groups excluding carboxylic acids is 3. The highest BCUT2D eigenvalue weighted by Gasteiger charge is 2.50. The molecule has 1 aromatic carbocycles. The van der Waals surface area contributed by atoms with Gasteiger partial charge in [0.1, 0.15) is 5.54 Å². The van der Waals surface area contributed by atoms with Crippen LogP contribution in [0.25, 0.3) is 0 Å². The first-order valence-electron chi connectivity index (χ1n) is 6.88. The Balaban J connectivity index is 1.83. The Morgan fingerprint density at radius 3 is 2.61 bits per heavy atom. The van der Waals surface area contributed by atoms with Gasteiger partial charge in [0, 0.05) is 6.07 Å². The third-order valence-electron chi connectivity index (χ3n) is 3.61. The number of aryl methyl sites for hydroxylation is 1. The summed E-state index contributed by atoms with van der Waals surface area (Å²) in [7, 11) is 0. The van der Waals surface area contributed by atoms with Crippen LogP contribution in [0.2, 0.25) is 0 Å². The Labute approximate surface area is 131 Å². The van der Waals surface area contributed by atoms with Crippen LogP contribution < -0.4 is 10.7 Å². The maximum Gasteiger partial charge on any atom is 0.344 e. The Kier molecular flexibility index (Phi) is 3.36. The van der Waals surface area contributed by atoms with Crippen molar-refractivity contribution >= 4 is 17.8 Å². The minimum atomic E-state index is -1.25. The van der Waals surface area contributed by atoms with E-state index in [9.17, 15) is 14.4 Å². The molecular weight excluding hydrogens is 300 g/mol. The summed E-state index contributed by atoms with van der Waals surface area (Å²) < 4.78 is 4.81. The van der Waals surface area contributed by atoms with Gasteiger partial charge >= 0.3 is 11.9 Å². The number of hydrogen-bond acceptors (Lipinski definition) is 5. The van der Waals surface area contributed by atoms with E-state index >= 15 is 0 Å². The van der Waals surface area contributed by atoms with Crippen LogP contribution in [0.1, 0.15) is 28.7 Å². The average Bonchev–Trinajstić information content (AvgIpc) is 3.06. The largest absolute Gasteiger partial charge is 0.351 e. The van der Waals surface area contributed by atoms with Gasteiger partial charge in [-0.1, -0.05) is 35.5 Å². The molecule has 2 aromatic rings. The predicted octanol–water partition coefficient (Wildman–Crippen LogP) is 1.10. The Morgan fingerprint density at radius 1 is 1.30 bits per heavy atom. The highest BCUT2D eigenvalue weighted by atomic mass is 16.5. The maximum absolute atomic E-state index is 12.6. The topological polar surface area (TPSA) is 105 Å². The summed E-state index contributed by atoms with van der Waals surface area (Å²) in [6.07, 6.45) is 0. The van der Waals surface area contributed by atoms with Gasteiger partial charge in [-0.25, -0.2) is 10.2 Å². The normalized spacial score (nSPS) is 20.5. The van der Waals surface area contributed by atoms with Gasteiger partial charge in [0.25, 0.3) is 5.91 Å². The summed E-state index contributed by atoms with van der Waals surface area (Å²) in [6.45, 7) is 3.23. The number of rotatable bonds is 3. The Morgan fingerprint density at radius 2 is 2.00 bits per heavy atom. The Hall–Kier alpha value is -3.16. The first kappa shape index (κ1) is 14.8. The van der Waals surface area contributed by atoms with Crippen molar-refractivity contribution < 1.29 is 18.9 Å². The fraction of sp³-hybridized carbons (Fsp3) is 0.200. The maximum atomic E-state index is 12.6. The van der Waals surface area contributed by atoms with E-state index < -0.39 is 23.4 Å². The molecule has 8 heteroatoms. The van der Waals surface area contributed by atoms with E-state index in [2.05, 4.69) is 15.9 Å². The molecule has 1 aromatic heterocycles. The highest BCUT2D eigenvalue weighted by molar-refractivity contribution is 6.09. The molecule has 0 bridgehead atoms. The molecule has 4 amide bonds. The smallest absolute Gasteiger partial charge is 0.344 e. The highest BCUT2D eigenvalue weighted by Crippen LogP contribution is 2.27. The summed E-state index contributed by atoms with van der Waals surface area (Å²) in [5, 5.41) is 6.82. The zero-order valence-electron chi connectivity index (χ0n) is 12.5. The van der Waals surface area contributed by atoms with Crippen molar-refractivity contribution in [3.63, 3.8) is 0 Å². The van der Waals surface area contributed by atoms with Gasteiger partial charge in [-0.15, -0.1) is 0 Å². The molecule has 1 saturated heterocycles. The first-order chi connectivity index (χ1) is 10.9. The number of urea groups is 1. The van der Waals surface area contributed by atoms with Crippen molar-refractivity contribution in [3.05, 3.63) is 53.4 Å². The lowest BCUT2D eigenvalue weighted by Crippen LogP contribution is -2.47. The van der Waals surface area contributed by atoms with Crippen molar-refractivity contribution in [1.29, 1.82) is 0 Å². The quantitative estimate of drug-likeness (QED) is 0.825. The minimum Gasteiger partial charge on any atom is -0.351 e. The van der Waals surface area contributed by atoms with Crippen LogP contribution in [0.5, 0.6) is 0 Å². The average molecular weight is 314 g/mol. The predicted molar refractivity (Wildman–Crippen MR) is 77.9 cm³/mol. The zero-order valence-corrected chi connectivity index (χ0v) is 12.5. The van der Waals surface area contributed by atoms with E-state index in [-0.39, 0.29) is 5.76 Å².